The summed E-state index contributed by atoms with van der Waals surface area (Å²) in [5.74, 6) is -1.60. The van der Waals surface area contributed by atoms with Crippen LogP contribution >= 0.6 is 0 Å². The van der Waals surface area contributed by atoms with Gasteiger partial charge in [-0.25, -0.2) is 4.79 Å². The second-order valence-electron chi connectivity index (χ2n) is 5.67. The summed E-state index contributed by atoms with van der Waals surface area (Å²) in [6, 6.07) is 15.5. The maximum Gasteiger partial charge on any atom is 0.352 e. The molecule has 0 spiro atoms. The van der Waals surface area contributed by atoms with Gasteiger partial charge in [-0.1, -0.05) is 36.4 Å². The maximum absolute atomic E-state index is 12.3. The molecular weight excluding hydrogens is 308 g/mol. The molecule has 1 saturated heterocycles. The van der Waals surface area contributed by atoms with Gasteiger partial charge in [-0.2, -0.15) is 0 Å². The summed E-state index contributed by atoms with van der Waals surface area (Å²) < 4.78 is 1.83. The largest absolute Gasteiger partial charge is 0.352 e. The monoisotopic (exact) mass is 322 g/mol. The van der Waals surface area contributed by atoms with Crippen molar-refractivity contribution in [2.24, 2.45) is 0 Å². The number of hydrogen-bond acceptors (Lipinski definition) is 4. The van der Waals surface area contributed by atoms with Crippen molar-refractivity contribution in [1.82, 2.24) is 9.63 Å². The Bertz CT molecular complexity index is 920. The fourth-order valence-electron chi connectivity index (χ4n) is 3.09. The van der Waals surface area contributed by atoms with E-state index in [9.17, 15) is 14.4 Å². The average molecular weight is 322 g/mol. The van der Waals surface area contributed by atoms with Crippen LogP contribution in [0, 0.1) is 0 Å². The minimum atomic E-state index is -0.648. The van der Waals surface area contributed by atoms with Crippen molar-refractivity contribution in [3.05, 3.63) is 48.5 Å². The molecule has 0 N–H and O–H groups in total. The van der Waals surface area contributed by atoms with Crippen LogP contribution < -0.4 is 0 Å². The Labute approximate surface area is 137 Å². The van der Waals surface area contributed by atoms with E-state index in [4.69, 9.17) is 4.84 Å². The zero-order valence-corrected chi connectivity index (χ0v) is 12.8. The molecule has 1 aromatic heterocycles. The maximum atomic E-state index is 12.3. The number of aromatic nitrogens is 1. The van der Waals surface area contributed by atoms with Gasteiger partial charge in [0.25, 0.3) is 11.8 Å². The quantitative estimate of drug-likeness (QED) is 0.694. The lowest BCUT2D eigenvalue weighted by atomic mass is 10.2. The molecule has 0 unspecified atom stereocenters. The highest BCUT2D eigenvalue weighted by Crippen LogP contribution is 2.28. The first kappa shape index (κ1) is 14.4. The molecule has 1 aliphatic heterocycles. The van der Waals surface area contributed by atoms with E-state index in [1.807, 2.05) is 53.1 Å². The second kappa shape index (κ2) is 5.49. The van der Waals surface area contributed by atoms with E-state index in [-0.39, 0.29) is 19.4 Å². The number of rotatable bonds is 3. The van der Waals surface area contributed by atoms with Crippen molar-refractivity contribution in [3.63, 3.8) is 0 Å². The van der Waals surface area contributed by atoms with Crippen LogP contribution in [-0.4, -0.2) is 27.4 Å². The number of hydrogen-bond donors (Lipinski definition) is 0. The Morgan fingerprint density at radius 2 is 1.38 bits per heavy atom. The van der Waals surface area contributed by atoms with Crippen LogP contribution in [0.25, 0.3) is 21.8 Å². The van der Waals surface area contributed by atoms with Crippen LogP contribution in [0.1, 0.15) is 12.8 Å². The van der Waals surface area contributed by atoms with Gasteiger partial charge in [0.2, 0.25) is 0 Å². The van der Waals surface area contributed by atoms with E-state index < -0.39 is 17.8 Å². The molecule has 24 heavy (non-hydrogen) atoms. The van der Waals surface area contributed by atoms with Crippen molar-refractivity contribution >= 4 is 39.6 Å². The van der Waals surface area contributed by atoms with Gasteiger partial charge in [-0.15, -0.1) is 5.06 Å². The lowest BCUT2D eigenvalue weighted by molar-refractivity contribution is -0.197. The zero-order chi connectivity index (χ0) is 16.7. The molecule has 3 aromatic rings. The van der Waals surface area contributed by atoms with Gasteiger partial charge in [0.05, 0.1) is 0 Å². The molecule has 1 fully saturated rings. The SMILES string of the molecule is O=C(Cn1c2ccccc2c2ccccc21)ON1C(=O)CCC1=O. The summed E-state index contributed by atoms with van der Waals surface area (Å²) in [7, 11) is 0. The minimum Gasteiger partial charge on any atom is -0.329 e. The van der Waals surface area contributed by atoms with Gasteiger partial charge in [-0.3, -0.25) is 9.59 Å². The van der Waals surface area contributed by atoms with Gasteiger partial charge in [0.1, 0.15) is 6.54 Å². The molecule has 0 saturated carbocycles. The Kier molecular flexibility index (Phi) is 3.30. The van der Waals surface area contributed by atoms with E-state index in [2.05, 4.69) is 0 Å². The highest BCUT2D eigenvalue weighted by atomic mass is 16.7. The van der Waals surface area contributed by atoms with Crippen LogP contribution in [0.3, 0.4) is 0 Å². The van der Waals surface area contributed by atoms with E-state index >= 15 is 0 Å². The van der Waals surface area contributed by atoms with Gasteiger partial charge in [0, 0.05) is 34.6 Å². The number of para-hydroxylation sites is 2. The number of amides is 2. The first-order chi connectivity index (χ1) is 11.6. The number of hydroxylamine groups is 2. The van der Waals surface area contributed by atoms with Crippen LogP contribution in [0.2, 0.25) is 0 Å². The van der Waals surface area contributed by atoms with Crippen molar-refractivity contribution < 1.29 is 19.2 Å². The highest BCUT2D eigenvalue weighted by molar-refractivity contribution is 6.08. The van der Waals surface area contributed by atoms with Gasteiger partial charge in [-0.05, 0) is 12.1 Å². The fourth-order valence-corrected chi connectivity index (χ4v) is 3.09. The molecular formula is C18H14N2O4. The highest BCUT2D eigenvalue weighted by Gasteiger charge is 2.33. The first-order valence-corrected chi connectivity index (χ1v) is 7.68. The second-order valence-corrected chi connectivity index (χ2v) is 5.67. The fraction of sp³-hybridized carbons (Fsp3) is 0.167. The number of carbonyl (C=O) groups excluding carboxylic acids is 3. The van der Waals surface area contributed by atoms with Crippen molar-refractivity contribution in [2.45, 2.75) is 19.4 Å². The Hall–Kier alpha value is -3.15. The number of nitrogens with zero attached hydrogens (tertiary/aromatic N) is 2. The molecule has 0 aliphatic carbocycles. The summed E-state index contributed by atoms with van der Waals surface area (Å²) in [4.78, 5) is 40.4. The summed E-state index contributed by atoms with van der Waals surface area (Å²) in [5.41, 5.74) is 1.80. The standard InChI is InChI=1S/C18H14N2O4/c21-16-9-10-17(22)20(16)24-18(23)11-19-14-7-3-1-5-12(14)13-6-2-4-8-15(13)19/h1-8H,9-11H2. The van der Waals surface area contributed by atoms with Crippen molar-refractivity contribution in [3.8, 4) is 0 Å². The normalized spacial score (nSPS) is 14.8. The summed E-state index contributed by atoms with van der Waals surface area (Å²) in [6.45, 7) is -0.0783. The third-order valence-corrected chi connectivity index (χ3v) is 4.17. The number of fused-ring (bicyclic) bond motifs is 3. The third-order valence-electron chi connectivity index (χ3n) is 4.17. The van der Waals surface area contributed by atoms with E-state index in [1.165, 1.54) is 0 Å². The average Bonchev–Trinajstić information content (AvgIpc) is 3.08. The Morgan fingerprint density at radius 1 is 0.875 bits per heavy atom. The van der Waals surface area contributed by atoms with Gasteiger partial charge in [0.15, 0.2) is 0 Å². The van der Waals surface area contributed by atoms with Crippen LogP contribution in [0.15, 0.2) is 48.5 Å². The molecule has 0 atom stereocenters. The molecule has 2 aromatic carbocycles. The summed E-state index contributed by atoms with van der Waals surface area (Å²) in [5, 5.41) is 2.65. The van der Waals surface area contributed by atoms with Gasteiger partial charge >= 0.3 is 5.97 Å². The van der Waals surface area contributed by atoms with E-state index in [0.717, 1.165) is 21.8 Å². The Balaban J connectivity index is 1.70. The lowest BCUT2D eigenvalue weighted by Crippen LogP contribution is -2.33. The minimum absolute atomic E-state index is 0.0783. The summed E-state index contributed by atoms with van der Waals surface area (Å²) >= 11 is 0. The van der Waals surface area contributed by atoms with E-state index in [0.29, 0.717) is 5.06 Å². The zero-order valence-electron chi connectivity index (χ0n) is 12.8. The molecule has 2 amide bonds. The smallest absolute Gasteiger partial charge is 0.329 e. The van der Waals surface area contributed by atoms with Crippen molar-refractivity contribution in [1.29, 1.82) is 0 Å². The van der Waals surface area contributed by atoms with Crippen LogP contribution in [-0.2, 0) is 25.8 Å². The number of benzene rings is 2. The molecule has 120 valence electrons. The van der Waals surface area contributed by atoms with Crippen LogP contribution in [0.4, 0.5) is 0 Å². The molecule has 2 heterocycles. The molecule has 0 bridgehead atoms. The Morgan fingerprint density at radius 3 is 1.92 bits per heavy atom. The summed E-state index contributed by atoms with van der Waals surface area (Å²) in [6.07, 6.45) is 0.170. The topological polar surface area (TPSA) is 68.6 Å². The van der Waals surface area contributed by atoms with E-state index in [1.54, 1.807) is 0 Å². The lowest BCUT2D eigenvalue weighted by Gasteiger charge is -2.13. The third kappa shape index (κ3) is 2.23. The first-order valence-electron chi connectivity index (χ1n) is 7.68. The number of carbonyl (C=O) groups is 3. The predicted molar refractivity (Wildman–Crippen MR) is 86.6 cm³/mol. The molecule has 4 rings (SSSR count). The van der Waals surface area contributed by atoms with Crippen molar-refractivity contribution in [2.75, 3.05) is 0 Å². The number of imide groups is 1. The molecule has 6 heteroatoms. The molecule has 1 aliphatic rings. The van der Waals surface area contributed by atoms with Gasteiger partial charge < -0.3 is 9.40 Å². The predicted octanol–water partition coefficient (Wildman–Crippen LogP) is 2.40. The molecule has 0 radical (unpaired) electrons. The van der Waals surface area contributed by atoms with Crippen LogP contribution in [0.5, 0.6) is 0 Å². The molecule has 6 nitrogen and oxygen atoms in total.